The number of carbonyl (C=O) groups is 1. The molecule has 4 heteroatoms. The van der Waals surface area contributed by atoms with Crippen LogP contribution in [0.15, 0.2) is 54.6 Å². The van der Waals surface area contributed by atoms with Crippen LogP contribution in [0.25, 0.3) is 0 Å². The number of ether oxygens (including phenoxy) is 1. The van der Waals surface area contributed by atoms with E-state index < -0.39 is 0 Å². The molecule has 0 aliphatic heterocycles. The van der Waals surface area contributed by atoms with Crippen LogP contribution in [0.5, 0.6) is 0 Å². The van der Waals surface area contributed by atoms with Crippen LogP contribution < -0.4 is 0 Å². The molecule has 0 aromatic heterocycles. The smallest absolute Gasteiger partial charge is 0.223 e. The van der Waals surface area contributed by atoms with Gasteiger partial charge in [-0.05, 0) is 30.2 Å². The minimum absolute atomic E-state index is 0.0766. The first-order valence-corrected chi connectivity index (χ1v) is 8.22. The Hall–Kier alpha value is -2.20. The van der Waals surface area contributed by atoms with Crippen molar-refractivity contribution in [3.05, 3.63) is 71.5 Å². The quantitative estimate of drug-likeness (QED) is 0.736. The van der Waals surface area contributed by atoms with E-state index >= 15 is 0 Å². The van der Waals surface area contributed by atoms with Gasteiger partial charge in [0.05, 0.1) is 6.61 Å². The van der Waals surface area contributed by atoms with E-state index in [0.717, 1.165) is 11.1 Å². The van der Waals surface area contributed by atoms with Gasteiger partial charge < -0.3 is 9.64 Å². The SMILES string of the molecule is CCN(CCOC)C(=O)C[C@H](c1ccccc1)c1ccc(F)cc1. The summed E-state index contributed by atoms with van der Waals surface area (Å²) in [5, 5.41) is 0. The van der Waals surface area contributed by atoms with Gasteiger partial charge in [-0.25, -0.2) is 4.39 Å². The van der Waals surface area contributed by atoms with Crippen LogP contribution in [0.2, 0.25) is 0 Å². The topological polar surface area (TPSA) is 29.5 Å². The van der Waals surface area contributed by atoms with Crippen molar-refractivity contribution < 1.29 is 13.9 Å². The Morgan fingerprint density at radius 3 is 2.29 bits per heavy atom. The van der Waals surface area contributed by atoms with E-state index in [1.165, 1.54) is 12.1 Å². The lowest BCUT2D eigenvalue weighted by Crippen LogP contribution is -2.34. The predicted molar refractivity (Wildman–Crippen MR) is 93.4 cm³/mol. The van der Waals surface area contributed by atoms with Gasteiger partial charge in [-0.3, -0.25) is 4.79 Å². The Morgan fingerprint density at radius 2 is 1.71 bits per heavy atom. The number of methoxy groups -OCH3 is 1. The third-order valence-electron chi connectivity index (χ3n) is 4.15. The summed E-state index contributed by atoms with van der Waals surface area (Å²) in [4.78, 5) is 14.5. The highest BCUT2D eigenvalue weighted by molar-refractivity contribution is 5.77. The lowest BCUT2D eigenvalue weighted by atomic mass is 9.88. The van der Waals surface area contributed by atoms with Crippen LogP contribution in [-0.4, -0.2) is 37.6 Å². The van der Waals surface area contributed by atoms with Gasteiger partial charge in [-0.1, -0.05) is 42.5 Å². The highest BCUT2D eigenvalue weighted by Gasteiger charge is 2.21. The largest absolute Gasteiger partial charge is 0.383 e. The zero-order valence-electron chi connectivity index (χ0n) is 14.2. The number of amides is 1. The molecule has 0 unspecified atom stereocenters. The van der Waals surface area contributed by atoms with Crippen LogP contribution >= 0.6 is 0 Å². The molecular weight excluding hydrogens is 305 g/mol. The van der Waals surface area contributed by atoms with E-state index in [1.807, 2.05) is 37.3 Å². The van der Waals surface area contributed by atoms with Crippen LogP contribution in [0.3, 0.4) is 0 Å². The minimum Gasteiger partial charge on any atom is -0.383 e. The number of hydrogen-bond donors (Lipinski definition) is 0. The fraction of sp³-hybridized carbons (Fsp3) is 0.350. The van der Waals surface area contributed by atoms with Crippen LogP contribution in [0, 0.1) is 5.82 Å². The van der Waals surface area contributed by atoms with Crippen molar-refractivity contribution in [3.8, 4) is 0 Å². The number of likely N-dealkylation sites (N-methyl/N-ethyl adjacent to an activating group) is 1. The van der Waals surface area contributed by atoms with Crippen molar-refractivity contribution in [1.82, 2.24) is 4.90 Å². The van der Waals surface area contributed by atoms with E-state index in [2.05, 4.69) is 0 Å². The van der Waals surface area contributed by atoms with Crippen LogP contribution in [0.1, 0.15) is 30.4 Å². The number of nitrogens with zero attached hydrogens (tertiary/aromatic N) is 1. The molecule has 2 aromatic rings. The lowest BCUT2D eigenvalue weighted by molar-refractivity contribution is -0.131. The van der Waals surface area contributed by atoms with Gasteiger partial charge in [-0.15, -0.1) is 0 Å². The first-order chi connectivity index (χ1) is 11.7. The Morgan fingerprint density at radius 1 is 1.08 bits per heavy atom. The molecule has 0 heterocycles. The molecule has 0 aliphatic carbocycles. The molecule has 0 radical (unpaired) electrons. The maximum atomic E-state index is 13.2. The summed E-state index contributed by atoms with van der Waals surface area (Å²) < 4.78 is 18.3. The van der Waals surface area contributed by atoms with Gasteiger partial charge in [0, 0.05) is 32.5 Å². The number of halogens is 1. The van der Waals surface area contributed by atoms with Gasteiger partial charge in [0.15, 0.2) is 0 Å². The second kappa shape index (κ2) is 9.18. The fourth-order valence-electron chi connectivity index (χ4n) is 2.77. The Labute approximate surface area is 143 Å². The maximum Gasteiger partial charge on any atom is 0.223 e. The third kappa shape index (κ3) is 4.90. The molecule has 1 atom stereocenters. The second-order valence-electron chi connectivity index (χ2n) is 5.69. The molecule has 128 valence electrons. The standard InChI is InChI=1S/C20H24FNO2/c1-3-22(13-14-24-2)20(23)15-19(16-7-5-4-6-8-16)17-9-11-18(21)12-10-17/h4-12,19H,3,13-15H2,1-2H3/t19-/m1/s1. The van der Waals surface area contributed by atoms with Crippen molar-refractivity contribution >= 4 is 5.91 Å². The average Bonchev–Trinajstić information content (AvgIpc) is 2.62. The van der Waals surface area contributed by atoms with Gasteiger partial charge in [0.1, 0.15) is 5.82 Å². The summed E-state index contributed by atoms with van der Waals surface area (Å²) in [6.45, 7) is 3.71. The molecule has 3 nitrogen and oxygen atoms in total. The second-order valence-corrected chi connectivity index (χ2v) is 5.69. The summed E-state index contributed by atoms with van der Waals surface area (Å²) in [6, 6.07) is 16.3. The molecule has 0 bridgehead atoms. The van der Waals surface area contributed by atoms with Crippen molar-refractivity contribution in [2.24, 2.45) is 0 Å². The molecule has 0 spiro atoms. The van der Waals surface area contributed by atoms with Crippen molar-refractivity contribution in [3.63, 3.8) is 0 Å². The van der Waals surface area contributed by atoms with Gasteiger partial charge in [0.25, 0.3) is 0 Å². The molecule has 0 saturated carbocycles. The molecule has 24 heavy (non-hydrogen) atoms. The maximum absolute atomic E-state index is 13.2. The fourth-order valence-corrected chi connectivity index (χ4v) is 2.77. The zero-order valence-corrected chi connectivity index (χ0v) is 14.2. The minimum atomic E-state index is -0.271. The number of benzene rings is 2. The summed E-state index contributed by atoms with van der Waals surface area (Å²) in [6.07, 6.45) is 0.354. The Bertz CT molecular complexity index is 628. The first-order valence-electron chi connectivity index (χ1n) is 8.22. The van der Waals surface area contributed by atoms with Crippen molar-refractivity contribution in [2.45, 2.75) is 19.3 Å². The normalized spacial score (nSPS) is 12.0. The number of hydrogen-bond acceptors (Lipinski definition) is 2. The summed E-state index contributed by atoms with van der Waals surface area (Å²) >= 11 is 0. The van der Waals surface area contributed by atoms with E-state index in [4.69, 9.17) is 4.74 Å². The van der Waals surface area contributed by atoms with Gasteiger partial charge >= 0.3 is 0 Å². The Kier molecular flexibility index (Phi) is 6.94. The average molecular weight is 329 g/mol. The summed E-state index contributed by atoms with van der Waals surface area (Å²) in [7, 11) is 1.63. The van der Waals surface area contributed by atoms with E-state index in [9.17, 15) is 9.18 Å². The molecular formula is C20H24FNO2. The van der Waals surface area contributed by atoms with Crippen molar-refractivity contribution in [1.29, 1.82) is 0 Å². The lowest BCUT2D eigenvalue weighted by Gasteiger charge is -2.24. The molecule has 0 N–H and O–H groups in total. The summed E-state index contributed by atoms with van der Waals surface area (Å²) in [5.41, 5.74) is 2.00. The van der Waals surface area contributed by atoms with E-state index in [-0.39, 0.29) is 17.6 Å². The highest BCUT2D eigenvalue weighted by Crippen LogP contribution is 2.28. The third-order valence-corrected chi connectivity index (χ3v) is 4.15. The van der Waals surface area contributed by atoms with E-state index in [0.29, 0.717) is 26.1 Å². The molecule has 2 rings (SSSR count). The van der Waals surface area contributed by atoms with E-state index in [1.54, 1.807) is 24.1 Å². The Balaban J connectivity index is 2.23. The number of carbonyl (C=O) groups excluding carboxylic acids is 1. The summed E-state index contributed by atoms with van der Waals surface area (Å²) in [5.74, 6) is -0.282. The first kappa shape index (κ1) is 18.1. The highest BCUT2D eigenvalue weighted by atomic mass is 19.1. The molecule has 0 fully saturated rings. The molecule has 1 amide bonds. The molecule has 0 aliphatic rings. The predicted octanol–water partition coefficient (Wildman–Crippen LogP) is 3.84. The molecule has 0 saturated heterocycles. The van der Waals surface area contributed by atoms with Crippen molar-refractivity contribution in [2.75, 3.05) is 26.8 Å². The monoisotopic (exact) mass is 329 g/mol. The molecule has 2 aromatic carbocycles. The van der Waals surface area contributed by atoms with Crippen LogP contribution in [0.4, 0.5) is 4.39 Å². The van der Waals surface area contributed by atoms with Gasteiger partial charge in [0.2, 0.25) is 5.91 Å². The number of rotatable bonds is 8. The zero-order chi connectivity index (χ0) is 17.4. The van der Waals surface area contributed by atoms with Gasteiger partial charge in [-0.2, -0.15) is 0 Å². The van der Waals surface area contributed by atoms with Crippen LogP contribution in [-0.2, 0) is 9.53 Å².